The zero-order chi connectivity index (χ0) is 23.1. The summed E-state index contributed by atoms with van der Waals surface area (Å²) in [7, 11) is 1.26. The van der Waals surface area contributed by atoms with Gasteiger partial charge in [-0.25, -0.2) is 14.3 Å². The number of nitrogens with one attached hydrogen (secondary N) is 2. The highest BCUT2D eigenvalue weighted by Crippen LogP contribution is 2.32. The molecule has 0 spiro atoms. The van der Waals surface area contributed by atoms with Gasteiger partial charge < -0.3 is 10.1 Å². The number of anilines is 2. The maximum Gasteiger partial charge on any atom is 0.413 e. The van der Waals surface area contributed by atoms with Crippen LogP contribution in [0.15, 0.2) is 52.3 Å². The molecular formula is C23H26N4O4S. The second-order valence-electron chi connectivity index (χ2n) is 7.11. The van der Waals surface area contributed by atoms with Gasteiger partial charge in [0.2, 0.25) is 17.8 Å². The molecule has 9 heteroatoms. The number of aromatic nitrogens is 2. The maximum absolute atomic E-state index is 12.6. The van der Waals surface area contributed by atoms with Crippen molar-refractivity contribution in [2.24, 2.45) is 0 Å². The molecule has 0 aliphatic heterocycles. The lowest BCUT2D eigenvalue weighted by Crippen LogP contribution is -2.19. The van der Waals surface area contributed by atoms with E-state index in [9.17, 15) is 14.4 Å². The van der Waals surface area contributed by atoms with Crippen LogP contribution in [0.4, 0.5) is 16.4 Å². The first-order valence-electron chi connectivity index (χ1n) is 10.4. The summed E-state index contributed by atoms with van der Waals surface area (Å²) < 4.78 is 6.06. The highest BCUT2D eigenvalue weighted by atomic mass is 32.2. The number of nitrogens with zero attached hydrogens (tertiary/aromatic N) is 2. The number of amides is 2. The van der Waals surface area contributed by atoms with Crippen LogP contribution in [0.25, 0.3) is 11.0 Å². The zero-order valence-electron chi connectivity index (χ0n) is 18.3. The number of rotatable bonds is 8. The monoisotopic (exact) mass is 454 g/mol. The SMILES string of the molecule is CCCC(=O)Nc1ccc(Sc2ccc3c(c2)nc(NC(=O)OC)n3C(=O)CCC)cc1. The number of imidazole rings is 1. The number of ether oxygens (including phenoxy) is 1. The van der Waals surface area contributed by atoms with Gasteiger partial charge in [-0.3, -0.25) is 14.9 Å². The van der Waals surface area contributed by atoms with Gasteiger partial charge >= 0.3 is 6.09 Å². The van der Waals surface area contributed by atoms with Crippen molar-refractivity contribution >= 4 is 52.3 Å². The molecule has 3 aromatic rings. The summed E-state index contributed by atoms with van der Waals surface area (Å²) in [4.78, 5) is 42.4. The van der Waals surface area contributed by atoms with E-state index in [4.69, 9.17) is 0 Å². The molecule has 0 atom stereocenters. The second-order valence-corrected chi connectivity index (χ2v) is 8.25. The summed E-state index contributed by atoms with van der Waals surface area (Å²) in [6.45, 7) is 3.88. The minimum atomic E-state index is -0.688. The zero-order valence-corrected chi connectivity index (χ0v) is 19.1. The molecule has 32 heavy (non-hydrogen) atoms. The first-order valence-corrected chi connectivity index (χ1v) is 11.2. The minimum absolute atomic E-state index is 0.00271. The molecule has 0 saturated carbocycles. The minimum Gasteiger partial charge on any atom is -0.453 e. The number of benzene rings is 2. The van der Waals surface area contributed by atoms with Gasteiger partial charge in [-0.2, -0.15) is 0 Å². The predicted octanol–water partition coefficient (Wildman–Crippen LogP) is 5.54. The molecule has 0 aliphatic rings. The Morgan fingerprint density at radius 2 is 1.66 bits per heavy atom. The topological polar surface area (TPSA) is 102 Å². The van der Waals surface area contributed by atoms with Crippen molar-refractivity contribution in [3.63, 3.8) is 0 Å². The van der Waals surface area contributed by atoms with E-state index in [1.54, 1.807) is 0 Å². The van der Waals surface area contributed by atoms with Crippen molar-refractivity contribution in [2.75, 3.05) is 17.7 Å². The van der Waals surface area contributed by atoms with Crippen LogP contribution in [0.1, 0.15) is 44.3 Å². The van der Waals surface area contributed by atoms with Crippen LogP contribution >= 0.6 is 11.8 Å². The lowest BCUT2D eigenvalue weighted by Gasteiger charge is -2.08. The summed E-state index contributed by atoms with van der Waals surface area (Å²) in [6, 6.07) is 13.2. The van der Waals surface area contributed by atoms with Crippen molar-refractivity contribution < 1.29 is 19.1 Å². The number of carbonyl (C=O) groups excluding carboxylic acids is 3. The Morgan fingerprint density at radius 3 is 2.31 bits per heavy atom. The van der Waals surface area contributed by atoms with E-state index < -0.39 is 6.09 Å². The van der Waals surface area contributed by atoms with Crippen LogP contribution in [0.3, 0.4) is 0 Å². The Labute approximate surface area is 190 Å². The Hall–Kier alpha value is -3.33. The molecule has 1 aromatic heterocycles. The standard InChI is InChI=1S/C23H26N4O4S/c1-4-6-20(28)24-15-8-10-16(11-9-15)32-17-12-13-19-18(14-17)25-22(26-23(30)31-3)27(19)21(29)7-5-2/h8-14H,4-7H2,1-3H3,(H,24,28)(H,25,26,30). The lowest BCUT2D eigenvalue weighted by atomic mass is 10.3. The third-order valence-electron chi connectivity index (χ3n) is 4.59. The van der Waals surface area contributed by atoms with Gasteiger partial charge in [0.25, 0.3) is 0 Å². The summed E-state index contributed by atoms with van der Waals surface area (Å²) in [5.41, 5.74) is 1.97. The van der Waals surface area contributed by atoms with E-state index in [0.29, 0.717) is 30.3 Å². The normalized spacial score (nSPS) is 10.7. The maximum atomic E-state index is 12.6. The van der Waals surface area contributed by atoms with Crippen molar-refractivity contribution in [3.8, 4) is 0 Å². The average Bonchev–Trinajstić information content (AvgIpc) is 3.12. The molecule has 2 N–H and O–H groups in total. The van der Waals surface area contributed by atoms with Crippen LogP contribution in [0, 0.1) is 0 Å². The van der Waals surface area contributed by atoms with Gasteiger partial charge in [-0.05, 0) is 55.3 Å². The number of carbonyl (C=O) groups is 3. The quantitative estimate of drug-likeness (QED) is 0.463. The van der Waals surface area contributed by atoms with Crippen molar-refractivity contribution in [3.05, 3.63) is 42.5 Å². The van der Waals surface area contributed by atoms with Gasteiger partial charge in [-0.15, -0.1) is 0 Å². The van der Waals surface area contributed by atoms with Crippen molar-refractivity contribution in [2.45, 2.75) is 49.3 Å². The number of hydrogen-bond acceptors (Lipinski definition) is 6. The van der Waals surface area contributed by atoms with Crippen LogP contribution < -0.4 is 10.6 Å². The second kappa shape index (κ2) is 10.8. The molecule has 0 saturated heterocycles. The number of hydrogen-bond donors (Lipinski definition) is 2. The molecule has 2 amide bonds. The number of methoxy groups -OCH3 is 1. The van der Waals surface area contributed by atoms with Gasteiger partial charge in [0.05, 0.1) is 18.1 Å². The van der Waals surface area contributed by atoms with E-state index in [1.807, 2.05) is 56.3 Å². The van der Waals surface area contributed by atoms with Gasteiger partial charge in [0.1, 0.15) is 0 Å². The molecule has 0 bridgehead atoms. The molecule has 0 unspecified atom stereocenters. The average molecular weight is 455 g/mol. The van der Waals surface area contributed by atoms with E-state index >= 15 is 0 Å². The molecular weight excluding hydrogens is 428 g/mol. The van der Waals surface area contributed by atoms with E-state index in [0.717, 1.165) is 21.9 Å². The highest BCUT2D eigenvalue weighted by molar-refractivity contribution is 7.99. The fourth-order valence-corrected chi connectivity index (χ4v) is 3.97. The summed E-state index contributed by atoms with van der Waals surface area (Å²) >= 11 is 1.53. The first-order chi connectivity index (χ1) is 15.4. The molecule has 1 heterocycles. The molecule has 8 nitrogen and oxygen atoms in total. The van der Waals surface area contributed by atoms with Gasteiger partial charge in [-0.1, -0.05) is 25.6 Å². The molecule has 168 valence electrons. The van der Waals surface area contributed by atoms with Crippen molar-refractivity contribution in [1.82, 2.24) is 9.55 Å². The van der Waals surface area contributed by atoms with Crippen LogP contribution in [0.2, 0.25) is 0 Å². The van der Waals surface area contributed by atoms with Crippen LogP contribution in [-0.2, 0) is 9.53 Å². The summed E-state index contributed by atoms with van der Waals surface area (Å²) in [5, 5.41) is 5.39. The Morgan fingerprint density at radius 1 is 0.969 bits per heavy atom. The fourth-order valence-electron chi connectivity index (χ4n) is 3.12. The lowest BCUT2D eigenvalue weighted by molar-refractivity contribution is -0.116. The van der Waals surface area contributed by atoms with Gasteiger partial charge in [0.15, 0.2) is 0 Å². The third kappa shape index (κ3) is 5.67. The Bertz CT molecular complexity index is 1120. The molecule has 2 aromatic carbocycles. The predicted molar refractivity (Wildman–Crippen MR) is 125 cm³/mol. The van der Waals surface area contributed by atoms with E-state index in [-0.39, 0.29) is 17.8 Å². The summed E-state index contributed by atoms with van der Waals surface area (Å²) in [6.07, 6.45) is 1.62. The molecule has 0 aliphatic carbocycles. The first kappa shape index (κ1) is 23.3. The van der Waals surface area contributed by atoms with Crippen molar-refractivity contribution in [1.29, 1.82) is 0 Å². The van der Waals surface area contributed by atoms with Gasteiger partial charge in [0, 0.05) is 28.3 Å². The van der Waals surface area contributed by atoms with E-state index in [2.05, 4.69) is 20.4 Å². The number of fused-ring (bicyclic) bond motifs is 1. The van der Waals surface area contributed by atoms with E-state index in [1.165, 1.54) is 23.4 Å². The summed E-state index contributed by atoms with van der Waals surface area (Å²) in [5.74, 6) is -0.00920. The Kier molecular flexibility index (Phi) is 7.88. The Balaban J connectivity index is 1.83. The molecule has 0 radical (unpaired) electrons. The largest absolute Gasteiger partial charge is 0.453 e. The molecule has 0 fully saturated rings. The molecule has 3 rings (SSSR count). The van der Waals surface area contributed by atoms with Crippen LogP contribution in [-0.4, -0.2) is 34.6 Å². The fraction of sp³-hybridized carbons (Fsp3) is 0.304. The van der Waals surface area contributed by atoms with Crippen LogP contribution in [0.5, 0.6) is 0 Å². The third-order valence-corrected chi connectivity index (χ3v) is 5.59. The highest BCUT2D eigenvalue weighted by Gasteiger charge is 2.19. The smallest absolute Gasteiger partial charge is 0.413 e.